The van der Waals surface area contributed by atoms with Crippen LogP contribution in [0.2, 0.25) is 0 Å². The van der Waals surface area contributed by atoms with Crippen molar-refractivity contribution in [3.63, 3.8) is 0 Å². The van der Waals surface area contributed by atoms with Crippen LogP contribution in [0, 0.1) is 17.8 Å². The molecule has 0 N–H and O–H groups in total. The van der Waals surface area contributed by atoms with E-state index in [9.17, 15) is 0 Å². The second-order valence-electron chi connectivity index (χ2n) is 3.81. The summed E-state index contributed by atoms with van der Waals surface area (Å²) in [6, 6.07) is 0. The van der Waals surface area contributed by atoms with Crippen molar-refractivity contribution >= 4 is 0 Å². The normalized spacial score (nSPS) is 37.5. The van der Waals surface area contributed by atoms with Gasteiger partial charge < -0.3 is 0 Å². The van der Waals surface area contributed by atoms with E-state index in [1.165, 1.54) is 25.7 Å². The molecule has 0 aromatic rings. The molecular weight excluding hydrogens is 132 g/mol. The van der Waals surface area contributed by atoms with E-state index in [0.29, 0.717) is 0 Å². The van der Waals surface area contributed by atoms with Crippen LogP contribution in [-0.2, 0) is 0 Å². The van der Waals surface area contributed by atoms with Crippen LogP contribution in [0.15, 0.2) is 12.7 Å². The zero-order valence-corrected chi connectivity index (χ0v) is 7.84. The predicted octanol–water partition coefficient (Wildman–Crippen LogP) is 3.63. The lowest BCUT2D eigenvalue weighted by atomic mass is 9.94. The van der Waals surface area contributed by atoms with Gasteiger partial charge in [-0.15, -0.1) is 6.58 Å². The van der Waals surface area contributed by atoms with Crippen LogP contribution >= 0.6 is 0 Å². The van der Waals surface area contributed by atoms with Gasteiger partial charge in [-0.05, 0) is 30.6 Å². The Bertz CT molecular complexity index is 126. The SMILES string of the molecule is C=CC1CC(CC)CC1CC. The summed E-state index contributed by atoms with van der Waals surface area (Å²) in [5, 5.41) is 0. The number of hydrogen-bond acceptors (Lipinski definition) is 0. The maximum Gasteiger partial charge on any atom is -0.0205 e. The van der Waals surface area contributed by atoms with Gasteiger partial charge in [0, 0.05) is 0 Å². The second-order valence-corrected chi connectivity index (χ2v) is 3.81. The van der Waals surface area contributed by atoms with Gasteiger partial charge in [0.15, 0.2) is 0 Å². The molecule has 0 aromatic carbocycles. The van der Waals surface area contributed by atoms with Crippen molar-refractivity contribution in [3.05, 3.63) is 12.7 Å². The fraction of sp³-hybridized carbons (Fsp3) is 0.818. The second kappa shape index (κ2) is 3.94. The summed E-state index contributed by atoms with van der Waals surface area (Å²) in [5.41, 5.74) is 0. The van der Waals surface area contributed by atoms with Gasteiger partial charge in [-0.2, -0.15) is 0 Å². The van der Waals surface area contributed by atoms with Gasteiger partial charge in [0.05, 0.1) is 0 Å². The highest BCUT2D eigenvalue weighted by molar-refractivity contribution is 4.91. The molecule has 0 heteroatoms. The van der Waals surface area contributed by atoms with Crippen LogP contribution < -0.4 is 0 Å². The minimum absolute atomic E-state index is 0.824. The van der Waals surface area contributed by atoms with Crippen LogP contribution in [0.25, 0.3) is 0 Å². The molecule has 0 bridgehead atoms. The van der Waals surface area contributed by atoms with Gasteiger partial charge in [-0.1, -0.05) is 32.8 Å². The summed E-state index contributed by atoms with van der Waals surface area (Å²) in [4.78, 5) is 0. The highest BCUT2D eigenvalue weighted by Crippen LogP contribution is 2.40. The molecule has 0 aromatic heterocycles. The molecule has 0 nitrogen and oxygen atoms in total. The molecule has 1 saturated carbocycles. The zero-order chi connectivity index (χ0) is 8.27. The summed E-state index contributed by atoms with van der Waals surface area (Å²) in [6.45, 7) is 8.52. The Morgan fingerprint density at radius 2 is 2.00 bits per heavy atom. The van der Waals surface area contributed by atoms with Gasteiger partial charge in [0.25, 0.3) is 0 Å². The van der Waals surface area contributed by atoms with Gasteiger partial charge in [0.2, 0.25) is 0 Å². The van der Waals surface area contributed by atoms with E-state index in [-0.39, 0.29) is 0 Å². The van der Waals surface area contributed by atoms with E-state index in [0.717, 1.165) is 17.8 Å². The maximum absolute atomic E-state index is 3.91. The fourth-order valence-corrected chi connectivity index (χ4v) is 2.37. The standard InChI is InChI=1S/C11H20/c1-4-9-7-10(5-2)11(6-3)8-9/h5,9-11H,2,4,6-8H2,1,3H3. The average Bonchev–Trinajstić information content (AvgIpc) is 2.46. The first-order valence-electron chi connectivity index (χ1n) is 4.94. The third-order valence-corrected chi connectivity index (χ3v) is 3.25. The Balaban J connectivity index is 2.47. The summed E-state index contributed by atoms with van der Waals surface area (Å²) >= 11 is 0. The molecular formula is C11H20. The van der Waals surface area contributed by atoms with Crippen molar-refractivity contribution in [1.29, 1.82) is 0 Å². The highest BCUT2D eigenvalue weighted by atomic mass is 14.3. The Kier molecular flexibility index (Phi) is 3.16. The van der Waals surface area contributed by atoms with Crippen molar-refractivity contribution < 1.29 is 0 Å². The van der Waals surface area contributed by atoms with Gasteiger partial charge in [-0.3, -0.25) is 0 Å². The third kappa shape index (κ3) is 1.85. The topological polar surface area (TPSA) is 0 Å². The van der Waals surface area contributed by atoms with E-state index >= 15 is 0 Å². The molecule has 64 valence electrons. The molecule has 1 aliphatic carbocycles. The molecule has 1 rings (SSSR count). The van der Waals surface area contributed by atoms with Crippen LogP contribution in [0.3, 0.4) is 0 Å². The van der Waals surface area contributed by atoms with Crippen molar-refractivity contribution in [2.24, 2.45) is 17.8 Å². The van der Waals surface area contributed by atoms with E-state index < -0.39 is 0 Å². The minimum Gasteiger partial charge on any atom is -0.103 e. The zero-order valence-electron chi connectivity index (χ0n) is 7.84. The van der Waals surface area contributed by atoms with E-state index in [1.807, 2.05) is 0 Å². The number of hydrogen-bond donors (Lipinski definition) is 0. The van der Waals surface area contributed by atoms with E-state index in [4.69, 9.17) is 0 Å². The predicted molar refractivity (Wildman–Crippen MR) is 50.5 cm³/mol. The third-order valence-electron chi connectivity index (χ3n) is 3.25. The summed E-state index contributed by atoms with van der Waals surface area (Å²) in [6.07, 6.45) is 7.72. The number of allylic oxidation sites excluding steroid dienone is 1. The monoisotopic (exact) mass is 152 g/mol. The van der Waals surface area contributed by atoms with Crippen molar-refractivity contribution in [3.8, 4) is 0 Å². The first-order valence-corrected chi connectivity index (χ1v) is 4.94. The molecule has 0 amide bonds. The molecule has 0 saturated heterocycles. The molecule has 0 spiro atoms. The molecule has 0 radical (unpaired) electrons. The summed E-state index contributed by atoms with van der Waals surface area (Å²) in [5.74, 6) is 2.75. The van der Waals surface area contributed by atoms with Crippen molar-refractivity contribution in [1.82, 2.24) is 0 Å². The Labute approximate surface area is 70.7 Å². The molecule has 0 heterocycles. The average molecular weight is 152 g/mol. The quantitative estimate of drug-likeness (QED) is 0.542. The lowest BCUT2D eigenvalue weighted by Gasteiger charge is -2.11. The summed E-state index contributed by atoms with van der Waals surface area (Å²) in [7, 11) is 0. The minimum atomic E-state index is 0.824. The highest BCUT2D eigenvalue weighted by Gasteiger charge is 2.29. The lowest BCUT2D eigenvalue weighted by molar-refractivity contribution is 0.438. The van der Waals surface area contributed by atoms with Crippen molar-refractivity contribution in [2.45, 2.75) is 39.5 Å². The maximum atomic E-state index is 3.91. The Hall–Kier alpha value is -0.260. The smallest absolute Gasteiger partial charge is 0.0205 e. The first-order chi connectivity index (χ1) is 5.31. The van der Waals surface area contributed by atoms with Crippen molar-refractivity contribution in [2.75, 3.05) is 0 Å². The molecule has 1 aliphatic rings. The summed E-state index contributed by atoms with van der Waals surface area (Å²) < 4.78 is 0. The van der Waals surface area contributed by atoms with Gasteiger partial charge in [-0.25, -0.2) is 0 Å². The molecule has 11 heavy (non-hydrogen) atoms. The molecule has 3 atom stereocenters. The van der Waals surface area contributed by atoms with Crippen LogP contribution in [0.1, 0.15) is 39.5 Å². The molecule has 3 unspecified atom stereocenters. The van der Waals surface area contributed by atoms with E-state index in [2.05, 4.69) is 26.5 Å². The largest absolute Gasteiger partial charge is 0.103 e. The van der Waals surface area contributed by atoms with Gasteiger partial charge >= 0.3 is 0 Å². The van der Waals surface area contributed by atoms with Crippen LogP contribution in [-0.4, -0.2) is 0 Å². The Morgan fingerprint density at radius 1 is 1.27 bits per heavy atom. The fourth-order valence-electron chi connectivity index (χ4n) is 2.37. The molecule has 1 fully saturated rings. The molecule has 0 aliphatic heterocycles. The lowest BCUT2D eigenvalue weighted by Crippen LogP contribution is -2.02. The first kappa shape index (κ1) is 8.83. The Morgan fingerprint density at radius 3 is 2.36 bits per heavy atom. The van der Waals surface area contributed by atoms with Crippen LogP contribution in [0.5, 0.6) is 0 Å². The van der Waals surface area contributed by atoms with E-state index in [1.54, 1.807) is 0 Å². The van der Waals surface area contributed by atoms with Gasteiger partial charge in [0.1, 0.15) is 0 Å². The van der Waals surface area contributed by atoms with Crippen LogP contribution in [0.4, 0.5) is 0 Å². The number of rotatable bonds is 3.